The smallest absolute Gasteiger partial charge is 0.123 e. The molecule has 1 aromatic carbocycles. The average Bonchev–Trinajstić information content (AvgIpc) is 2.99. The minimum atomic E-state index is 0.329. The highest BCUT2D eigenvalue weighted by Gasteiger charge is 2.55. The van der Waals surface area contributed by atoms with Crippen molar-refractivity contribution in [3.63, 3.8) is 0 Å². The summed E-state index contributed by atoms with van der Waals surface area (Å²) < 4.78 is 0. The van der Waals surface area contributed by atoms with Crippen molar-refractivity contribution < 1.29 is 10.2 Å². The van der Waals surface area contributed by atoms with Gasteiger partial charge in [0.25, 0.3) is 0 Å². The Morgan fingerprint density at radius 2 is 2.04 bits per heavy atom. The van der Waals surface area contributed by atoms with Gasteiger partial charge >= 0.3 is 0 Å². The first-order valence-corrected chi connectivity index (χ1v) is 10.6. The number of hydrogen-bond donors (Lipinski definition) is 2. The van der Waals surface area contributed by atoms with Crippen LogP contribution in [-0.4, -0.2) is 16.8 Å². The first-order valence-electron chi connectivity index (χ1n) is 10.6. The van der Waals surface area contributed by atoms with Crippen LogP contribution in [0.4, 0.5) is 0 Å². The van der Waals surface area contributed by atoms with Gasteiger partial charge < -0.3 is 10.2 Å². The zero-order valence-electron chi connectivity index (χ0n) is 16.5. The Bertz CT molecular complexity index is 706. The Morgan fingerprint density at radius 3 is 2.77 bits per heavy atom. The first-order chi connectivity index (χ1) is 12.5. The third-order valence-corrected chi connectivity index (χ3v) is 8.27. The van der Waals surface area contributed by atoms with Gasteiger partial charge in [-0.15, -0.1) is 0 Å². The van der Waals surface area contributed by atoms with Crippen LogP contribution in [0.15, 0.2) is 18.2 Å². The van der Waals surface area contributed by atoms with Crippen LogP contribution in [0.5, 0.6) is 5.75 Å². The van der Waals surface area contributed by atoms with Crippen LogP contribution in [-0.2, 0) is 6.42 Å². The molecular weight excluding hydrogens is 320 g/mol. The number of allylic oxidation sites excluding steroid dienone is 1. The molecule has 2 fully saturated rings. The summed E-state index contributed by atoms with van der Waals surface area (Å²) in [5.41, 5.74) is 4.26. The maximum Gasteiger partial charge on any atom is 0.123 e. The Morgan fingerprint density at radius 1 is 1.23 bits per heavy atom. The Kier molecular flexibility index (Phi) is 4.67. The van der Waals surface area contributed by atoms with Gasteiger partial charge in [0.1, 0.15) is 5.75 Å². The SMILES string of the molecule is C/C=C/c1cc2c(cc1O)CCC1C2CC[C@@]2(C)C1CCC2[C@H](C)CO. The number of fused-ring (bicyclic) bond motifs is 5. The van der Waals surface area contributed by atoms with E-state index in [0.717, 1.165) is 23.8 Å². The quantitative estimate of drug-likeness (QED) is 0.749. The lowest BCUT2D eigenvalue weighted by Crippen LogP contribution is -2.43. The van der Waals surface area contributed by atoms with Gasteiger partial charge in [-0.3, -0.25) is 0 Å². The zero-order chi connectivity index (χ0) is 18.5. The molecule has 2 saturated carbocycles. The molecule has 3 aliphatic carbocycles. The van der Waals surface area contributed by atoms with Gasteiger partial charge in [0.05, 0.1) is 0 Å². The lowest BCUT2D eigenvalue weighted by Gasteiger charge is -2.52. The fraction of sp³-hybridized carbons (Fsp3) is 0.667. The molecule has 0 radical (unpaired) electrons. The fourth-order valence-corrected chi connectivity index (χ4v) is 7.04. The summed E-state index contributed by atoms with van der Waals surface area (Å²) in [7, 11) is 0. The van der Waals surface area contributed by atoms with Crippen molar-refractivity contribution in [2.75, 3.05) is 6.61 Å². The van der Waals surface area contributed by atoms with Crippen molar-refractivity contribution >= 4 is 6.08 Å². The summed E-state index contributed by atoms with van der Waals surface area (Å²) in [5.74, 6) is 3.77. The second-order valence-electron chi connectivity index (χ2n) is 9.41. The van der Waals surface area contributed by atoms with Crippen molar-refractivity contribution in [3.05, 3.63) is 34.9 Å². The molecule has 0 aromatic heterocycles. The van der Waals surface area contributed by atoms with Crippen molar-refractivity contribution in [3.8, 4) is 5.75 Å². The van der Waals surface area contributed by atoms with E-state index in [9.17, 15) is 10.2 Å². The Labute approximate surface area is 158 Å². The molecule has 6 atom stereocenters. The van der Waals surface area contributed by atoms with Gasteiger partial charge in [0, 0.05) is 12.2 Å². The highest BCUT2D eigenvalue weighted by atomic mass is 16.3. The van der Waals surface area contributed by atoms with E-state index in [0.29, 0.717) is 35.5 Å². The van der Waals surface area contributed by atoms with E-state index >= 15 is 0 Å². The summed E-state index contributed by atoms with van der Waals surface area (Å²) in [6.45, 7) is 7.10. The van der Waals surface area contributed by atoms with Crippen LogP contribution in [0.3, 0.4) is 0 Å². The minimum Gasteiger partial charge on any atom is -0.507 e. The molecule has 0 heterocycles. The van der Waals surface area contributed by atoms with E-state index in [1.165, 1.54) is 43.2 Å². The predicted molar refractivity (Wildman–Crippen MR) is 107 cm³/mol. The molecule has 2 N–H and O–H groups in total. The topological polar surface area (TPSA) is 40.5 Å². The van der Waals surface area contributed by atoms with E-state index < -0.39 is 0 Å². The van der Waals surface area contributed by atoms with Gasteiger partial charge in [-0.2, -0.15) is 0 Å². The van der Waals surface area contributed by atoms with Crippen molar-refractivity contribution in [2.24, 2.45) is 29.1 Å². The second-order valence-corrected chi connectivity index (χ2v) is 9.41. The summed E-state index contributed by atoms with van der Waals surface area (Å²) in [6.07, 6.45) is 11.6. The van der Waals surface area contributed by atoms with Crippen LogP contribution in [0.2, 0.25) is 0 Å². The van der Waals surface area contributed by atoms with E-state index in [1.54, 1.807) is 0 Å². The third-order valence-electron chi connectivity index (χ3n) is 8.27. The fourth-order valence-electron chi connectivity index (χ4n) is 7.04. The second kappa shape index (κ2) is 6.71. The van der Waals surface area contributed by atoms with Crippen LogP contribution in [0, 0.1) is 29.1 Å². The van der Waals surface area contributed by atoms with Gasteiger partial charge in [-0.25, -0.2) is 0 Å². The van der Waals surface area contributed by atoms with Gasteiger partial charge in [-0.1, -0.05) is 26.0 Å². The minimum absolute atomic E-state index is 0.329. The molecule has 0 aliphatic heterocycles. The molecule has 142 valence electrons. The predicted octanol–water partition coefficient (Wildman–Crippen LogP) is 5.53. The number of aryl methyl sites for hydroxylation is 1. The standard InChI is InChI=1S/C24H34O2/c1-4-5-17-12-20-16(13-23(17)26)6-7-19-18(20)10-11-24(3)21(15(2)14-25)8-9-22(19)24/h4-5,12-13,15,18-19,21-22,25-26H,6-11,14H2,1-3H3/b5-4+/t15-,18?,19?,21?,22?,24-/m1/s1. The summed E-state index contributed by atoms with van der Waals surface area (Å²) >= 11 is 0. The van der Waals surface area contributed by atoms with Gasteiger partial charge in [0.2, 0.25) is 0 Å². The van der Waals surface area contributed by atoms with E-state index in [1.807, 2.05) is 25.1 Å². The first kappa shape index (κ1) is 18.1. The maximum atomic E-state index is 10.3. The van der Waals surface area contributed by atoms with Crippen LogP contribution in [0.25, 0.3) is 6.08 Å². The van der Waals surface area contributed by atoms with Crippen LogP contribution in [0.1, 0.15) is 75.5 Å². The molecule has 2 nitrogen and oxygen atoms in total. The van der Waals surface area contributed by atoms with Gasteiger partial charge in [0.15, 0.2) is 0 Å². The van der Waals surface area contributed by atoms with E-state index in [4.69, 9.17) is 0 Å². The summed E-state index contributed by atoms with van der Waals surface area (Å²) in [6, 6.07) is 4.30. The maximum absolute atomic E-state index is 10.3. The lowest BCUT2D eigenvalue weighted by molar-refractivity contribution is 0.00156. The molecule has 4 unspecified atom stereocenters. The number of phenols is 1. The van der Waals surface area contributed by atoms with Crippen LogP contribution < -0.4 is 0 Å². The molecule has 3 aliphatic rings. The number of aliphatic hydroxyl groups excluding tert-OH is 1. The van der Waals surface area contributed by atoms with Crippen molar-refractivity contribution in [1.29, 1.82) is 0 Å². The highest BCUT2D eigenvalue weighted by molar-refractivity contribution is 5.60. The van der Waals surface area contributed by atoms with Crippen LogP contribution >= 0.6 is 0 Å². The molecule has 0 saturated heterocycles. The average molecular weight is 355 g/mol. The molecule has 4 rings (SSSR count). The molecule has 0 bridgehead atoms. The summed E-state index contributed by atoms with van der Waals surface area (Å²) in [4.78, 5) is 0. The third kappa shape index (κ3) is 2.64. The zero-order valence-corrected chi connectivity index (χ0v) is 16.5. The number of aliphatic hydroxyl groups is 1. The van der Waals surface area contributed by atoms with Gasteiger partial charge in [-0.05, 0) is 104 Å². The summed E-state index contributed by atoms with van der Waals surface area (Å²) in [5, 5.41) is 20.1. The molecule has 0 spiro atoms. The number of rotatable bonds is 3. The molecular formula is C24H34O2. The Hall–Kier alpha value is -1.28. The monoisotopic (exact) mass is 354 g/mol. The lowest BCUT2D eigenvalue weighted by atomic mass is 9.53. The van der Waals surface area contributed by atoms with E-state index in [-0.39, 0.29) is 0 Å². The number of hydrogen-bond acceptors (Lipinski definition) is 2. The number of phenolic OH excluding ortho intramolecular Hbond substituents is 1. The molecule has 26 heavy (non-hydrogen) atoms. The highest BCUT2D eigenvalue weighted by Crippen LogP contribution is 2.64. The molecule has 1 aromatic rings. The van der Waals surface area contributed by atoms with E-state index in [2.05, 4.69) is 19.9 Å². The molecule has 0 amide bonds. The molecule has 2 heteroatoms. The Balaban J connectivity index is 1.67. The number of benzene rings is 1. The largest absolute Gasteiger partial charge is 0.507 e. The van der Waals surface area contributed by atoms with Crippen molar-refractivity contribution in [2.45, 2.75) is 65.2 Å². The number of aromatic hydroxyl groups is 1. The van der Waals surface area contributed by atoms with Crippen molar-refractivity contribution in [1.82, 2.24) is 0 Å². The normalized spacial score (nSPS) is 37.2.